The van der Waals surface area contributed by atoms with Crippen LogP contribution in [-0.2, 0) is 16.1 Å². The van der Waals surface area contributed by atoms with E-state index >= 15 is 0 Å². The van der Waals surface area contributed by atoms with Crippen LogP contribution < -0.4 is 15.0 Å². The summed E-state index contributed by atoms with van der Waals surface area (Å²) in [7, 11) is 0. The molecule has 1 atom stereocenters. The van der Waals surface area contributed by atoms with Gasteiger partial charge in [-0.15, -0.1) is 5.10 Å². The molecule has 1 aromatic heterocycles. The average molecular weight is 435 g/mol. The monoisotopic (exact) mass is 434 g/mol. The molecule has 2 aromatic carbocycles. The van der Waals surface area contributed by atoms with Crippen molar-refractivity contribution in [1.29, 1.82) is 0 Å². The number of nitrogens with one attached hydrogen (secondary N) is 1. The number of carbonyl (C=O) groups excluding carboxylic acids is 2. The molecule has 1 aliphatic heterocycles. The van der Waals surface area contributed by atoms with E-state index in [1.807, 2.05) is 63.2 Å². The molecule has 0 bridgehead atoms. The van der Waals surface area contributed by atoms with Gasteiger partial charge in [-0.3, -0.25) is 9.59 Å². The van der Waals surface area contributed by atoms with Crippen LogP contribution in [0.5, 0.6) is 5.75 Å². The van der Waals surface area contributed by atoms with Crippen molar-refractivity contribution in [3.63, 3.8) is 0 Å². The molecule has 9 heteroatoms. The fourth-order valence-electron chi connectivity index (χ4n) is 3.70. The SMILES string of the molecule is CCOc1ccc(-n2nnnc2CNC(=O)[C@@H]2CC(=O)N(c3ccc(C)c(C)c3)C2)cc1. The minimum Gasteiger partial charge on any atom is -0.494 e. The van der Waals surface area contributed by atoms with E-state index in [0.29, 0.717) is 19.0 Å². The number of rotatable bonds is 7. The molecule has 2 amide bonds. The molecule has 4 rings (SSSR count). The number of tetrazole rings is 1. The summed E-state index contributed by atoms with van der Waals surface area (Å²) < 4.78 is 7.02. The number of aromatic nitrogens is 4. The van der Waals surface area contributed by atoms with Crippen molar-refractivity contribution in [2.45, 2.75) is 33.7 Å². The number of anilines is 1. The molecule has 0 unspecified atom stereocenters. The van der Waals surface area contributed by atoms with Crippen LogP contribution in [-0.4, -0.2) is 45.2 Å². The summed E-state index contributed by atoms with van der Waals surface area (Å²) in [5.41, 5.74) is 3.87. The van der Waals surface area contributed by atoms with E-state index in [1.54, 1.807) is 9.58 Å². The first-order valence-corrected chi connectivity index (χ1v) is 10.6. The Morgan fingerprint density at radius 3 is 2.59 bits per heavy atom. The predicted octanol–water partition coefficient (Wildman–Crippen LogP) is 2.35. The number of hydrogen-bond acceptors (Lipinski definition) is 6. The Kier molecular flexibility index (Phi) is 6.16. The van der Waals surface area contributed by atoms with Gasteiger partial charge in [0.25, 0.3) is 0 Å². The third-order valence-corrected chi connectivity index (χ3v) is 5.65. The zero-order valence-electron chi connectivity index (χ0n) is 18.4. The molecule has 32 heavy (non-hydrogen) atoms. The highest BCUT2D eigenvalue weighted by molar-refractivity contribution is 6.00. The van der Waals surface area contributed by atoms with Gasteiger partial charge in [0, 0.05) is 18.7 Å². The highest BCUT2D eigenvalue weighted by Crippen LogP contribution is 2.27. The summed E-state index contributed by atoms with van der Waals surface area (Å²) >= 11 is 0. The number of hydrogen-bond donors (Lipinski definition) is 1. The standard InChI is InChI=1S/C23H26N6O3/c1-4-32-20-9-7-18(8-10-20)29-21(25-26-27-29)13-24-23(31)17-12-22(30)28(14-17)19-6-5-15(2)16(3)11-19/h5-11,17H,4,12-14H2,1-3H3,(H,24,31)/t17-/m1/s1. The smallest absolute Gasteiger partial charge is 0.227 e. The number of aryl methyl sites for hydroxylation is 2. The second-order valence-electron chi connectivity index (χ2n) is 7.83. The first-order chi connectivity index (χ1) is 15.5. The Morgan fingerprint density at radius 2 is 1.88 bits per heavy atom. The van der Waals surface area contributed by atoms with E-state index in [1.165, 1.54) is 5.56 Å². The van der Waals surface area contributed by atoms with E-state index < -0.39 is 5.92 Å². The maximum Gasteiger partial charge on any atom is 0.227 e. The lowest BCUT2D eigenvalue weighted by Gasteiger charge is -2.18. The highest BCUT2D eigenvalue weighted by Gasteiger charge is 2.35. The molecule has 1 aliphatic rings. The van der Waals surface area contributed by atoms with Gasteiger partial charge >= 0.3 is 0 Å². The molecule has 1 fully saturated rings. The number of ether oxygens (including phenoxy) is 1. The number of carbonyl (C=O) groups is 2. The third-order valence-electron chi connectivity index (χ3n) is 5.65. The Hall–Kier alpha value is -3.75. The number of amides is 2. The Balaban J connectivity index is 1.39. The van der Waals surface area contributed by atoms with Crippen LogP contribution >= 0.6 is 0 Å². The van der Waals surface area contributed by atoms with E-state index in [4.69, 9.17) is 4.74 Å². The fraction of sp³-hybridized carbons (Fsp3) is 0.348. The summed E-state index contributed by atoms with van der Waals surface area (Å²) in [5.74, 6) is 0.605. The zero-order valence-corrected chi connectivity index (χ0v) is 18.4. The Bertz CT molecular complexity index is 1130. The molecule has 1 saturated heterocycles. The van der Waals surface area contributed by atoms with Gasteiger partial charge in [-0.2, -0.15) is 4.68 Å². The lowest BCUT2D eigenvalue weighted by molar-refractivity contribution is -0.126. The van der Waals surface area contributed by atoms with Gasteiger partial charge in [0.2, 0.25) is 11.8 Å². The van der Waals surface area contributed by atoms with Crippen molar-refractivity contribution in [3.05, 3.63) is 59.4 Å². The van der Waals surface area contributed by atoms with Gasteiger partial charge < -0.3 is 15.0 Å². The van der Waals surface area contributed by atoms with Crippen molar-refractivity contribution in [2.24, 2.45) is 5.92 Å². The second kappa shape index (κ2) is 9.17. The van der Waals surface area contributed by atoms with Gasteiger partial charge in [0.15, 0.2) is 5.82 Å². The van der Waals surface area contributed by atoms with Crippen molar-refractivity contribution in [1.82, 2.24) is 25.5 Å². The lowest BCUT2D eigenvalue weighted by atomic mass is 10.1. The van der Waals surface area contributed by atoms with Gasteiger partial charge in [-0.25, -0.2) is 0 Å². The number of benzene rings is 2. The first kappa shape index (κ1) is 21.5. The zero-order chi connectivity index (χ0) is 22.7. The second-order valence-corrected chi connectivity index (χ2v) is 7.83. The third kappa shape index (κ3) is 4.46. The summed E-state index contributed by atoms with van der Waals surface area (Å²) in [6, 6.07) is 13.3. The van der Waals surface area contributed by atoms with Crippen LogP contribution in [0.25, 0.3) is 5.69 Å². The topological polar surface area (TPSA) is 102 Å². The summed E-state index contributed by atoms with van der Waals surface area (Å²) in [4.78, 5) is 27.0. The molecule has 0 spiro atoms. The van der Waals surface area contributed by atoms with E-state index in [9.17, 15) is 9.59 Å². The molecule has 3 aromatic rings. The summed E-state index contributed by atoms with van der Waals surface area (Å²) in [6.07, 6.45) is 0.183. The summed E-state index contributed by atoms with van der Waals surface area (Å²) in [5, 5.41) is 14.6. The van der Waals surface area contributed by atoms with Crippen LogP contribution in [0.1, 0.15) is 30.3 Å². The molecule has 0 radical (unpaired) electrons. The van der Waals surface area contributed by atoms with Crippen molar-refractivity contribution in [2.75, 3.05) is 18.1 Å². The Labute approximate surface area is 186 Å². The maximum absolute atomic E-state index is 12.8. The normalized spacial score (nSPS) is 15.8. The van der Waals surface area contributed by atoms with E-state index in [-0.39, 0.29) is 24.8 Å². The van der Waals surface area contributed by atoms with Gasteiger partial charge in [-0.05, 0) is 78.7 Å². The van der Waals surface area contributed by atoms with Crippen LogP contribution in [0.2, 0.25) is 0 Å². The quantitative estimate of drug-likeness (QED) is 0.612. The van der Waals surface area contributed by atoms with E-state index in [2.05, 4.69) is 20.8 Å². The minimum absolute atomic E-state index is 0.0485. The van der Waals surface area contributed by atoms with Gasteiger partial charge in [0.05, 0.1) is 24.8 Å². The van der Waals surface area contributed by atoms with Crippen molar-refractivity contribution >= 4 is 17.5 Å². The van der Waals surface area contributed by atoms with E-state index in [0.717, 1.165) is 22.7 Å². The van der Waals surface area contributed by atoms with Crippen LogP contribution in [0.4, 0.5) is 5.69 Å². The number of nitrogens with zero attached hydrogens (tertiary/aromatic N) is 5. The molecule has 0 aliphatic carbocycles. The highest BCUT2D eigenvalue weighted by atomic mass is 16.5. The van der Waals surface area contributed by atoms with Crippen LogP contribution in [0, 0.1) is 19.8 Å². The van der Waals surface area contributed by atoms with Crippen molar-refractivity contribution in [3.8, 4) is 11.4 Å². The molecule has 2 heterocycles. The van der Waals surface area contributed by atoms with Crippen LogP contribution in [0.3, 0.4) is 0 Å². The Morgan fingerprint density at radius 1 is 1.12 bits per heavy atom. The minimum atomic E-state index is -0.418. The molecular weight excluding hydrogens is 408 g/mol. The molecule has 166 valence electrons. The maximum atomic E-state index is 12.8. The fourth-order valence-corrected chi connectivity index (χ4v) is 3.70. The summed E-state index contributed by atoms with van der Waals surface area (Å²) in [6.45, 7) is 7.08. The molecule has 9 nitrogen and oxygen atoms in total. The molecule has 0 saturated carbocycles. The van der Waals surface area contributed by atoms with Crippen molar-refractivity contribution < 1.29 is 14.3 Å². The molecule has 1 N–H and O–H groups in total. The van der Waals surface area contributed by atoms with Crippen LogP contribution in [0.15, 0.2) is 42.5 Å². The van der Waals surface area contributed by atoms with Gasteiger partial charge in [-0.1, -0.05) is 6.07 Å². The predicted molar refractivity (Wildman–Crippen MR) is 119 cm³/mol. The largest absolute Gasteiger partial charge is 0.494 e. The molecular formula is C23H26N6O3. The lowest BCUT2D eigenvalue weighted by Crippen LogP contribution is -2.33. The first-order valence-electron chi connectivity index (χ1n) is 10.6. The average Bonchev–Trinajstić information content (AvgIpc) is 3.41. The van der Waals surface area contributed by atoms with Gasteiger partial charge in [0.1, 0.15) is 5.75 Å².